The van der Waals surface area contributed by atoms with Crippen LogP contribution in [0.15, 0.2) is 24.3 Å². The van der Waals surface area contributed by atoms with Crippen LogP contribution in [-0.4, -0.2) is 32.3 Å². The molecule has 0 radical (unpaired) electrons. The molecule has 1 aromatic carbocycles. The Kier molecular flexibility index (Phi) is 5.38. The van der Waals surface area contributed by atoms with Crippen LogP contribution in [0.4, 0.5) is 0 Å². The maximum absolute atomic E-state index is 10.6. The van der Waals surface area contributed by atoms with E-state index in [0.29, 0.717) is 5.75 Å². The molecule has 0 aliphatic carbocycles. The number of ether oxygens (including phenoxy) is 2. The summed E-state index contributed by atoms with van der Waals surface area (Å²) in [5.74, 6) is 0.441. The first-order valence-electron chi connectivity index (χ1n) is 5.85. The summed E-state index contributed by atoms with van der Waals surface area (Å²) in [5, 5.41) is 11.7. The minimum Gasteiger partial charge on any atom is -0.496 e. The molecule has 1 unspecified atom stereocenters. The number of hydrogen-bond acceptors (Lipinski definition) is 4. The van der Waals surface area contributed by atoms with Gasteiger partial charge < -0.3 is 19.9 Å². The van der Waals surface area contributed by atoms with Crippen molar-refractivity contribution in [2.75, 3.05) is 21.3 Å². The first-order chi connectivity index (χ1) is 9.04. The van der Waals surface area contributed by atoms with E-state index in [1.807, 2.05) is 19.1 Å². The summed E-state index contributed by atoms with van der Waals surface area (Å²) in [4.78, 5) is 10.6. The van der Waals surface area contributed by atoms with Crippen molar-refractivity contribution in [2.45, 2.75) is 13.0 Å². The fourth-order valence-electron chi connectivity index (χ4n) is 1.97. The third-order valence-corrected chi connectivity index (χ3v) is 2.89. The third kappa shape index (κ3) is 3.48. The van der Waals surface area contributed by atoms with Crippen LogP contribution in [0.5, 0.6) is 11.5 Å². The number of hydrogen-bond donors (Lipinski definition) is 2. The summed E-state index contributed by atoms with van der Waals surface area (Å²) in [6, 6.07) is 3.46. The zero-order valence-electron chi connectivity index (χ0n) is 11.6. The highest BCUT2D eigenvalue weighted by Gasteiger charge is 2.16. The van der Waals surface area contributed by atoms with Gasteiger partial charge in [0.1, 0.15) is 11.5 Å². The van der Waals surface area contributed by atoms with Crippen molar-refractivity contribution < 1.29 is 19.4 Å². The number of rotatable bonds is 6. The Bertz CT molecular complexity index is 483. The van der Waals surface area contributed by atoms with Gasteiger partial charge in [-0.3, -0.25) is 0 Å². The van der Waals surface area contributed by atoms with Gasteiger partial charge >= 0.3 is 5.97 Å². The van der Waals surface area contributed by atoms with Gasteiger partial charge in [0.05, 0.1) is 20.3 Å². The molecule has 0 saturated carbocycles. The molecule has 0 aliphatic rings. The minimum absolute atomic E-state index is 0.240. The molecule has 0 aliphatic heterocycles. The summed E-state index contributed by atoms with van der Waals surface area (Å²) in [6.45, 7) is 1.90. The molecule has 104 valence electrons. The molecule has 1 rings (SSSR count). The van der Waals surface area contributed by atoms with Crippen LogP contribution in [0.1, 0.15) is 17.2 Å². The van der Waals surface area contributed by atoms with E-state index in [4.69, 9.17) is 14.6 Å². The second kappa shape index (κ2) is 6.80. The SMILES string of the molecule is CNC(/C=C/C(=O)O)c1ccc(OC)c(C)c1OC. The number of methoxy groups -OCH3 is 2. The Morgan fingerprint density at radius 2 is 2.05 bits per heavy atom. The van der Waals surface area contributed by atoms with Crippen molar-refractivity contribution in [2.24, 2.45) is 0 Å². The van der Waals surface area contributed by atoms with E-state index in [-0.39, 0.29) is 6.04 Å². The second-order valence-electron chi connectivity index (χ2n) is 3.98. The lowest BCUT2D eigenvalue weighted by atomic mass is 10.0. The zero-order chi connectivity index (χ0) is 14.4. The number of benzene rings is 1. The normalized spacial score (nSPS) is 12.4. The van der Waals surface area contributed by atoms with Gasteiger partial charge in [0.2, 0.25) is 0 Å². The molecule has 5 nitrogen and oxygen atoms in total. The molecular formula is C14H19NO4. The standard InChI is InChI=1S/C14H19NO4/c1-9-12(18-3)7-5-10(14(9)19-4)11(15-2)6-8-13(16)17/h5-8,11,15H,1-4H3,(H,16,17)/b8-6+. The molecule has 1 aromatic rings. The molecule has 0 aromatic heterocycles. The number of likely N-dealkylation sites (N-methyl/N-ethyl adjacent to an activating group) is 1. The average Bonchev–Trinajstić information content (AvgIpc) is 2.39. The largest absolute Gasteiger partial charge is 0.496 e. The second-order valence-corrected chi connectivity index (χ2v) is 3.98. The van der Waals surface area contributed by atoms with Crippen LogP contribution in [0.25, 0.3) is 0 Å². The van der Waals surface area contributed by atoms with Crippen molar-refractivity contribution >= 4 is 5.97 Å². The highest BCUT2D eigenvalue weighted by Crippen LogP contribution is 2.35. The van der Waals surface area contributed by atoms with Crippen LogP contribution < -0.4 is 14.8 Å². The van der Waals surface area contributed by atoms with Gasteiger partial charge in [-0.25, -0.2) is 4.79 Å². The van der Waals surface area contributed by atoms with E-state index >= 15 is 0 Å². The highest BCUT2D eigenvalue weighted by molar-refractivity contribution is 5.79. The smallest absolute Gasteiger partial charge is 0.328 e. The Hall–Kier alpha value is -2.01. The number of carboxylic acid groups (broad SMARTS) is 1. The van der Waals surface area contributed by atoms with E-state index in [1.54, 1.807) is 27.3 Å². The van der Waals surface area contributed by atoms with E-state index in [0.717, 1.165) is 23.0 Å². The lowest BCUT2D eigenvalue weighted by Gasteiger charge is -2.19. The molecule has 5 heteroatoms. The third-order valence-electron chi connectivity index (χ3n) is 2.89. The maximum atomic E-state index is 10.6. The number of carbonyl (C=O) groups is 1. The summed E-state index contributed by atoms with van der Waals surface area (Å²) in [6.07, 6.45) is 2.69. The average molecular weight is 265 g/mol. The van der Waals surface area contributed by atoms with Gasteiger partial charge in [-0.1, -0.05) is 6.08 Å². The molecule has 0 fully saturated rings. The lowest BCUT2D eigenvalue weighted by molar-refractivity contribution is -0.131. The van der Waals surface area contributed by atoms with Crippen molar-refractivity contribution in [1.29, 1.82) is 0 Å². The fourth-order valence-corrected chi connectivity index (χ4v) is 1.97. The summed E-state index contributed by atoms with van der Waals surface area (Å²) in [5.41, 5.74) is 1.74. The monoisotopic (exact) mass is 265 g/mol. The van der Waals surface area contributed by atoms with Gasteiger partial charge in [0.25, 0.3) is 0 Å². The molecule has 2 N–H and O–H groups in total. The van der Waals surface area contributed by atoms with Gasteiger partial charge in [0.15, 0.2) is 0 Å². The van der Waals surface area contributed by atoms with Crippen LogP contribution in [-0.2, 0) is 4.79 Å². The van der Waals surface area contributed by atoms with Crippen molar-refractivity contribution in [3.63, 3.8) is 0 Å². The van der Waals surface area contributed by atoms with E-state index < -0.39 is 5.97 Å². The zero-order valence-corrected chi connectivity index (χ0v) is 11.6. The fraction of sp³-hybridized carbons (Fsp3) is 0.357. The quantitative estimate of drug-likeness (QED) is 0.769. The van der Waals surface area contributed by atoms with E-state index in [1.165, 1.54) is 0 Å². The Labute approximate surface area is 112 Å². The van der Waals surface area contributed by atoms with E-state index in [9.17, 15) is 4.79 Å². The lowest BCUT2D eigenvalue weighted by Crippen LogP contribution is -2.16. The number of nitrogens with one attached hydrogen (secondary N) is 1. The molecule has 0 bridgehead atoms. The van der Waals surface area contributed by atoms with Gasteiger partial charge in [-0.2, -0.15) is 0 Å². The van der Waals surface area contributed by atoms with Crippen LogP contribution in [0, 0.1) is 6.92 Å². The van der Waals surface area contributed by atoms with Gasteiger partial charge in [-0.15, -0.1) is 0 Å². The maximum Gasteiger partial charge on any atom is 0.328 e. The van der Waals surface area contributed by atoms with Crippen molar-refractivity contribution in [3.05, 3.63) is 35.4 Å². The first kappa shape index (κ1) is 15.0. The Morgan fingerprint density at radius 1 is 1.37 bits per heavy atom. The predicted octanol–water partition coefficient (Wildman–Crippen LogP) is 1.91. The predicted molar refractivity (Wildman–Crippen MR) is 72.9 cm³/mol. The topological polar surface area (TPSA) is 67.8 Å². The molecule has 0 saturated heterocycles. The molecule has 1 atom stereocenters. The van der Waals surface area contributed by atoms with Gasteiger partial charge in [-0.05, 0) is 26.1 Å². The highest BCUT2D eigenvalue weighted by atomic mass is 16.5. The van der Waals surface area contributed by atoms with Crippen LogP contribution in [0.3, 0.4) is 0 Å². The Balaban J connectivity index is 3.24. The van der Waals surface area contributed by atoms with Crippen molar-refractivity contribution in [3.8, 4) is 11.5 Å². The molecule has 0 heterocycles. The van der Waals surface area contributed by atoms with Gasteiger partial charge in [0, 0.05) is 17.2 Å². The minimum atomic E-state index is -0.982. The Morgan fingerprint density at radius 3 is 2.53 bits per heavy atom. The summed E-state index contributed by atoms with van der Waals surface area (Å²) >= 11 is 0. The molecular weight excluding hydrogens is 246 g/mol. The number of aliphatic carboxylic acids is 1. The van der Waals surface area contributed by atoms with Crippen molar-refractivity contribution in [1.82, 2.24) is 5.32 Å². The van der Waals surface area contributed by atoms with Crippen LogP contribution in [0.2, 0.25) is 0 Å². The summed E-state index contributed by atoms with van der Waals surface area (Å²) < 4.78 is 10.6. The number of carboxylic acids is 1. The molecule has 19 heavy (non-hydrogen) atoms. The van der Waals surface area contributed by atoms with E-state index in [2.05, 4.69) is 5.32 Å². The summed E-state index contributed by atoms with van der Waals surface area (Å²) in [7, 11) is 4.94. The van der Waals surface area contributed by atoms with Crippen LogP contribution >= 0.6 is 0 Å². The molecule has 0 spiro atoms. The molecule has 0 amide bonds. The first-order valence-corrected chi connectivity index (χ1v) is 5.85.